The zero-order valence-corrected chi connectivity index (χ0v) is 24.4. The number of nitrogens with zero attached hydrogens (tertiary/aromatic N) is 5. The van der Waals surface area contributed by atoms with E-state index in [2.05, 4.69) is 20.7 Å². The lowest BCUT2D eigenvalue weighted by atomic mass is 9.84. The molecule has 1 unspecified atom stereocenters. The number of hydrogen-bond acceptors (Lipinski definition) is 7. The third-order valence-electron chi connectivity index (χ3n) is 7.88. The summed E-state index contributed by atoms with van der Waals surface area (Å²) in [7, 11) is 2.01. The van der Waals surface area contributed by atoms with Crippen molar-refractivity contribution >= 4 is 23.7 Å². The number of carbonyl (C=O) groups is 3. The summed E-state index contributed by atoms with van der Waals surface area (Å²) in [5, 5.41) is 7.46. The molecule has 1 saturated heterocycles. The van der Waals surface area contributed by atoms with E-state index in [0.29, 0.717) is 51.4 Å². The van der Waals surface area contributed by atoms with Gasteiger partial charge in [0.25, 0.3) is 5.91 Å². The second kappa shape index (κ2) is 10.9. The molecule has 1 aromatic rings. The van der Waals surface area contributed by atoms with Crippen LogP contribution in [0.3, 0.4) is 0 Å². The molecule has 11 heteroatoms. The fourth-order valence-electron chi connectivity index (χ4n) is 5.60. The van der Waals surface area contributed by atoms with Crippen LogP contribution in [0.2, 0.25) is 0 Å². The zero-order chi connectivity index (χ0) is 29.4. The second-order valence-electron chi connectivity index (χ2n) is 11.8. The van der Waals surface area contributed by atoms with Crippen molar-refractivity contribution in [3.8, 4) is 0 Å². The number of amides is 4. The van der Waals surface area contributed by atoms with Gasteiger partial charge >= 0.3 is 12.1 Å². The van der Waals surface area contributed by atoms with Gasteiger partial charge in [-0.05, 0) is 75.4 Å². The summed E-state index contributed by atoms with van der Waals surface area (Å²) in [6, 6.07) is 5.43. The minimum atomic E-state index is -0.553. The van der Waals surface area contributed by atoms with Crippen molar-refractivity contribution in [3.63, 3.8) is 0 Å². The average molecular weight is 562 g/mol. The van der Waals surface area contributed by atoms with Crippen LogP contribution < -0.4 is 10.7 Å². The molecule has 4 amide bonds. The highest BCUT2D eigenvalue weighted by molar-refractivity contribution is 6.09. The molecule has 0 aromatic heterocycles. The van der Waals surface area contributed by atoms with Crippen molar-refractivity contribution in [2.45, 2.75) is 45.4 Å². The fraction of sp³-hybridized carbons (Fsp3) is 0.467. The second-order valence-corrected chi connectivity index (χ2v) is 11.8. The molecule has 0 radical (unpaired) electrons. The Bertz CT molecular complexity index is 1350. The van der Waals surface area contributed by atoms with E-state index in [1.807, 2.05) is 88.3 Å². The summed E-state index contributed by atoms with van der Waals surface area (Å²) < 4.78 is 5.43. The first kappa shape index (κ1) is 28.3. The smallest absolute Gasteiger partial charge is 0.410 e. The van der Waals surface area contributed by atoms with Crippen LogP contribution in [0.5, 0.6) is 0 Å². The van der Waals surface area contributed by atoms with Crippen LogP contribution in [0.15, 0.2) is 59.5 Å². The molecular weight excluding hydrogens is 522 g/mol. The van der Waals surface area contributed by atoms with Crippen molar-refractivity contribution < 1.29 is 19.1 Å². The van der Waals surface area contributed by atoms with E-state index in [0.717, 1.165) is 22.5 Å². The number of hydrogen-bond donors (Lipinski definition) is 2. The van der Waals surface area contributed by atoms with Gasteiger partial charge in [-0.2, -0.15) is 5.10 Å². The van der Waals surface area contributed by atoms with E-state index in [1.54, 1.807) is 9.80 Å². The maximum Gasteiger partial charge on any atom is 0.410 e. The number of piperazine rings is 1. The van der Waals surface area contributed by atoms with Crippen molar-refractivity contribution in [2.75, 3.05) is 46.3 Å². The van der Waals surface area contributed by atoms with Gasteiger partial charge in [-0.15, -0.1) is 0 Å². The van der Waals surface area contributed by atoms with Gasteiger partial charge in [0.2, 0.25) is 0 Å². The molecule has 1 atom stereocenters. The molecule has 5 rings (SSSR count). The number of likely N-dealkylation sites (N-methyl/N-ethyl adjacent to an activating group) is 1. The number of carbonyl (C=O) groups excluding carboxylic acids is 3. The largest absolute Gasteiger partial charge is 0.444 e. The van der Waals surface area contributed by atoms with E-state index in [9.17, 15) is 14.4 Å². The highest BCUT2D eigenvalue weighted by Crippen LogP contribution is 2.36. The van der Waals surface area contributed by atoms with Crippen LogP contribution in [0.4, 0.5) is 9.59 Å². The molecule has 0 bridgehead atoms. The SMILES string of the molecule is Cc1cc(C(=O)N2CC=CN(C)C34CNN=C3C=CC=C24)ccc1CNC(=O)N1CCN(C(=O)OC(C)(C)C)CC1. The number of aryl methyl sites for hydroxylation is 1. The summed E-state index contributed by atoms with van der Waals surface area (Å²) in [6.45, 7) is 10.6. The summed E-state index contributed by atoms with van der Waals surface area (Å²) >= 11 is 0. The molecule has 11 nitrogen and oxygen atoms in total. The molecule has 4 aliphatic rings. The first-order valence-corrected chi connectivity index (χ1v) is 14.0. The standard InChI is InChI=1S/C30H39N7O4/c1-21-18-22(26(38)37-13-7-12-34(5)30-20-32-33-24(30)8-6-9-25(30)37)10-11-23(21)19-31-27(39)35-14-16-36(17-15-35)28(40)41-29(2,3)4/h6-12,18,32H,13-17,19-20H2,1-5H3,(H,31,39). The monoisotopic (exact) mass is 561 g/mol. The summed E-state index contributed by atoms with van der Waals surface area (Å²) in [4.78, 5) is 46.2. The lowest BCUT2D eigenvalue weighted by Gasteiger charge is -2.42. The number of allylic oxidation sites excluding steroid dienone is 2. The lowest BCUT2D eigenvalue weighted by Crippen LogP contribution is -2.57. The van der Waals surface area contributed by atoms with Crippen molar-refractivity contribution in [2.24, 2.45) is 5.10 Å². The predicted molar refractivity (Wildman–Crippen MR) is 156 cm³/mol. The van der Waals surface area contributed by atoms with Gasteiger partial charge in [0.15, 0.2) is 0 Å². The van der Waals surface area contributed by atoms with Crippen LogP contribution in [0.25, 0.3) is 0 Å². The van der Waals surface area contributed by atoms with Crippen LogP contribution in [0, 0.1) is 6.92 Å². The van der Waals surface area contributed by atoms with Gasteiger partial charge in [-0.1, -0.05) is 12.1 Å². The Morgan fingerprint density at radius 2 is 1.85 bits per heavy atom. The van der Waals surface area contributed by atoms with E-state index in [-0.39, 0.29) is 18.0 Å². The Labute approximate surface area is 241 Å². The molecule has 3 aliphatic heterocycles. The van der Waals surface area contributed by atoms with Gasteiger partial charge in [-0.3, -0.25) is 4.79 Å². The summed E-state index contributed by atoms with van der Waals surface area (Å²) in [6.07, 6.45) is 9.56. The number of rotatable bonds is 3. The lowest BCUT2D eigenvalue weighted by molar-refractivity contribution is 0.0170. The highest BCUT2D eigenvalue weighted by Gasteiger charge is 2.49. The molecule has 1 fully saturated rings. The zero-order valence-electron chi connectivity index (χ0n) is 24.4. The van der Waals surface area contributed by atoms with Crippen molar-refractivity contribution in [1.82, 2.24) is 30.3 Å². The highest BCUT2D eigenvalue weighted by atomic mass is 16.6. The van der Waals surface area contributed by atoms with Crippen LogP contribution in [-0.4, -0.2) is 101 Å². The number of nitrogens with one attached hydrogen (secondary N) is 2. The minimum Gasteiger partial charge on any atom is -0.444 e. The van der Waals surface area contributed by atoms with E-state index >= 15 is 0 Å². The first-order chi connectivity index (χ1) is 19.5. The third kappa shape index (κ3) is 5.53. The van der Waals surface area contributed by atoms with Gasteiger partial charge in [0.05, 0.1) is 18.0 Å². The molecule has 218 valence electrons. The maximum atomic E-state index is 13.8. The van der Waals surface area contributed by atoms with Gasteiger partial charge < -0.3 is 35.1 Å². The Morgan fingerprint density at radius 3 is 2.56 bits per heavy atom. The molecule has 41 heavy (non-hydrogen) atoms. The van der Waals surface area contributed by atoms with Crippen molar-refractivity contribution in [3.05, 3.63) is 71.1 Å². The molecule has 1 aromatic carbocycles. The van der Waals surface area contributed by atoms with Gasteiger partial charge in [-0.25, -0.2) is 9.59 Å². The normalized spacial score (nSPS) is 21.8. The Hall–Kier alpha value is -4.28. The predicted octanol–water partition coefficient (Wildman–Crippen LogP) is 2.81. The summed E-state index contributed by atoms with van der Waals surface area (Å²) in [5.74, 6) is -0.0846. The van der Waals surface area contributed by atoms with E-state index in [4.69, 9.17) is 4.74 Å². The average Bonchev–Trinajstić information content (AvgIpc) is 3.33. The molecule has 1 aliphatic carbocycles. The number of ether oxygens (including phenoxy) is 1. The topological polar surface area (TPSA) is 110 Å². The number of hydrazone groups is 1. The molecule has 2 N–H and O–H groups in total. The Kier molecular flexibility index (Phi) is 7.54. The summed E-state index contributed by atoms with van der Waals surface area (Å²) in [5.41, 5.74) is 6.24. The first-order valence-electron chi connectivity index (χ1n) is 14.0. The maximum absolute atomic E-state index is 13.8. The Balaban J connectivity index is 1.20. The molecule has 3 heterocycles. The van der Waals surface area contributed by atoms with Gasteiger partial charge in [0, 0.05) is 51.9 Å². The molecule has 0 saturated carbocycles. The molecule has 1 spiro atoms. The van der Waals surface area contributed by atoms with Crippen LogP contribution in [-0.2, 0) is 11.3 Å². The Morgan fingerprint density at radius 1 is 1.12 bits per heavy atom. The number of urea groups is 1. The molecular formula is C30H39N7O4. The van der Waals surface area contributed by atoms with Gasteiger partial charge in [0.1, 0.15) is 11.1 Å². The minimum absolute atomic E-state index is 0.0846. The quantitative estimate of drug-likeness (QED) is 0.588. The van der Waals surface area contributed by atoms with Crippen LogP contribution >= 0.6 is 0 Å². The van der Waals surface area contributed by atoms with E-state index < -0.39 is 11.1 Å². The van der Waals surface area contributed by atoms with E-state index in [1.165, 1.54) is 0 Å². The third-order valence-corrected chi connectivity index (χ3v) is 7.88. The fourth-order valence-corrected chi connectivity index (χ4v) is 5.60. The van der Waals surface area contributed by atoms with Crippen molar-refractivity contribution in [1.29, 1.82) is 0 Å². The number of benzene rings is 1. The van der Waals surface area contributed by atoms with Crippen LogP contribution in [0.1, 0.15) is 42.3 Å².